The fourth-order valence-corrected chi connectivity index (χ4v) is 4.40. The molecule has 0 bridgehead atoms. The highest BCUT2D eigenvalue weighted by Gasteiger charge is 2.29. The van der Waals surface area contributed by atoms with Gasteiger partial charge >= 0.3 is 12.1 Å². The molecule has 0 atom stereocenters. The first-order valence-corrected chi connectivity index (χ1v) is 11.0. The molecule has 3 heterocycles. The first kappa shape index (κ1) is 22.8. The zero-order valence-electron chi connectivity index (χ0n) is 18.7. The Balaban J connectivity index is 1.72. The van der Waals surface area contributed by atoms with Crippen LogP contribution in [-0.2, 0) is 22.4 Å². The Morgan fingerprint density at radius 1 is 1.26 bits per heavy atom. The molecule has 31 heavy (non-hydrogen) atoms. The second-order valence-corrected chi connectivity index (χ2v) is 9.42. The van der Waals surface area contributed by atoms with Gasteiger partial charge in [-0.1, -0.05) is 11.3 Å². The average molecular weight is 449 g/mol. The Morgan fingerprint density at radius 2 is 1.97 bits per heavy atom. The van der Waals surface area contributed by atoms with Gasteiger partial charge in [0.15, 0.2) is 5.13 Å². The van der Waals surface area contributed by atoms with Crippen molar-refractivity contribution in [3.8, 4) is 0 Å². The molecule has 0 aromatic carbocycles. The highest BCUT2D eigenvalue weighted by molar-refractivity contribution is 7.15. The van der Waals surface area contributed by atoms with Crippen LogP contribution in [0.25, 0.3) is 0 Å². The zero-order chi connectivity index (χ0) is 22.9. The molecule has 168 valence electrons. The number of hydrogen-bond donors (Lipinski definition) is 2. The van der Waals surface area contributed by atoms with E-state index in [0.29, 0.717) is 47.2 Å². The summed E-state index contributed by atoms with van der Waals surface area (Å²) in [5.41, 5.74) is 2.09. The minimum absolute atomic E-state index is 0.259. The van der Waals surface area contributed by atoms with E-state index in [9.17, 15) is 14.4 Å². The lowest BCUT2D eigenvalue weighted by Gasteiger charge is -2.29. The van der Waals surface area contributed by atoms with Gasteiger partial charge in [0.05, 0.1) is 24.4 Å². The number of nitrogens with zero attached hydrogens (tertiary/aromatic N) is 2. The lowest BCUT2D eigenvalue weighted by molar-refractivity contribution is 0.0225. The number of amides is 2. The van der Waals surface area contributed by atoms with E-state index in [0.717, 1.165) is 10.6 Å². The van der Waals surface area contributed by atoms with Crippen LogP contribution in [0.15, 0.2) is 0 Å². The Kier molecular flexibility index (Phi) is 6.40. The predicted molar refractivity (Wildman–Crippen MR) is 117 cm³/mol. The standard InChI is InChI=1S/C21H28N4O5S/c1-7-29-18(27)15-11(2)16(22-12(15)3)17(26)24-19-23-13-8-9-25(10-14(13)31-19)20(28)30-21(4,5)6/h22H,7-10H2,1-6H3,(H,23,24,26). The van der Waals surface area contributed by atoms with Crippen molar-refractivity contribution in [1.29, 1.82) is 0 Å². The van der Waals surface area contributed by atoms with Crippen LogP contribution in [0.1, 0.15) is 70.4 Å². The van der Waals surface area contributed by atoms with Crippen LogP contribution >= 0.6 is 11.3 Å². The Hall–Kier alpha value is -2.88. The first-order chi connectivity index (χ1) is 14.5. The third kappa shape index (κ3) is 5.07. The number of carbonyl (C=O) groups is 3. The van der Waals surface area contributed by atoms with Crippen molar-refractivity contribution in [1.82, 2.24) is 14.9 Å². The van der Waals surface area contributed by atoms with Gasteiger partial charge in [0.25, 0.3) is 5.91 Å². The molecule has 0 saturated carbocycles. The van der Waals surface area contributed by atoms with E-state index < -0.39 is 11.6 Å². The van der Waals surface area contributed by atoms with Crippen LogP contribution < -0.4 is 5.32 Å². The molecule has 0 spiro atoms. The Bertz CT molecular complexity index is 1020. The van der Waals surface area contributed by atoms with Crippen LogP contribution in [-0.4, -0.2) is 51.6 Å². The lowest BCUT2D eigenvalue weighted by Crippen LogP contribution is -2.39. The van der Waals surface area contributed by atoms with E-state index in [1.807, 2.05) is 20.8 Å². The summed E-state index contributed by atoms with van der Waals surface area (Å²) in [5, 5.41) is 3.25. The number of aryl methyl sites for hydroxylation is 1. The number of esters is 1. The van der Waals surface area contributed by atoms with E-state index >= 15 is 0 Å². The van der Waals surface area contributed by atoms with E-state index in [1.54, 1.807) is 25.7 Å². The maximum absolute atomic E-state index is 12.8. The van der Waals surface area contributed by atoms with Gasteiger partial charge in [0, 0.05) is 23.5 Å². The number of aromatic nitrogens is 2. The maximum Gasteiger partial charge on any atom is 0.410 e. The second-order valence-electron chi connectivity index (χ2n) is 8.34. The molecule has 9 nitrogen and oxygen atoms in total. The summed E-state index contributed by atoms with van der Waals surface area (Å²) < 4.78 is 10.5. The molecular weight excluding hydrogens is 420 g/mol. The third-order valence-corrected chi connectivity index (χ3v) is 5.75. The first-order valence-electron chi connectivity index (χ1n) is 10.1. The second kappa shape index (κ2) is 8.70. The number of aromatic amines is 1. The van der Waals surface area contributed by atoms with Crippen molar-refractivity contribution >= 4 is 34.4 Å². The summed E-state index contributed by atoms with van der Waals surface area (Å²) in [7, 11) is 0. The average Bonchev–Trinajstić information content (AvgIpc) is 3.19. The summed E-state index contributed by atoms with van der Waals surface area (Å²) in [5.74, 6) is -0.842. The fourth-order valence-electron chi connectivity index (χ4n) is 3.38. The van der Waals surface area contributed by atoms with Crippen molar-refractivity contribution in [2.24, 2.45) is 0 Å². The number of fused-ring (bicyclic) bond motifs is 1. The molecule has 2 N–H and O–H groups in total. The van der Waals surface area contributed by atoms with Crippen LogP contribution in [0.3, 0.4) is 0 Å². The van der Waals surface area contributed by atoms with Crippen molar-refractivity contribution in [2.45, 2.75) is 60.1 Å². The van der Waals surface area contributed by atoms with Gasteiger partial charge in [-0.05, 0) is 47.1 Å². The minimum atomic E-state index is -0.557. The summed E-state index contributed by atoms with van der Waals surface area (Å²) in [4.78, 5) is 47.4. The summed E-state index contributed by atoms with van der Waals surface area (Å²) in [6, 6.07) is 0. The van der Waals surface area contributed by atoms with Gasteiger partial charge < -0.3 is 19.4 Å². The third-order valence-electron chi connectivity index (χ3n) is 4.75. The molecule has 0 aliphatic carbocycles. The van der Waals surface area contributed by atoms with Crippen LogP contribution in [0.4, 0.5) is 9.93 Å². The summed E-state index contributed by atoms with van der Waals surface area (Å²) >= 11 is 1.33. The number of thiazole rings is 1. The Labute approximate surface area is 185 Å². The fraction of sp³-hybridized carbons (Fsp3) is 0.524. The highest BCUT2D eigenvalue weighted by atomic mass is 32.1. The van der Waals surface area contributed by atoms with Crippen LogP contribution in [0.2, 0.25) is 0 Å². The van der Waals surface area contributed by atoms with Crippen molar-refractivity contribution < 1.29 is 23.9 Å². The number of nitrogens with one attached hydrogen (secondary N) is 2. The van der Waals surface area contributed by atoms with Gasteiger partial charge in [-0.15, -0.1) is 0 Å². The number of carbonyl (C=O) groups excluding carboxylic acids is 3. The van der Waals surface area contributed by atoms with Crippen molar-refractivity contribution in [2.75, 3.05) is 18.5 Å². The molecule has 10 heteroatoms. The van der Waals surface area contributed by atoms with Crippen LogP contribution in [0.5, 0.6) is 0 Å². The number of anilines is 1. The van der Waals surface area contributed by atoms with Gasteiger partial charge in [-0.25, -0.2) is 14.6 Å². The predicted octanol–water partition coefficient (Wildman–Crippen LogP) is 3.81. The molecule has 2 amide bonds. The monoisotopic (exact) mass is 448 g/mol. The van der Waals surface area contributed by atoms with Crippen LogP contribution in [0, 0.1) is 13.8 Å². The number of rotatable bonds is 4. The molecule has 2 aromatic heterocycles. The lowest BCUT2D eigenvalue weighted by atomic mass is 10.1. The SMILES string of the molecule is CCOC(=O)c1c(C)[nH]c(C(=O)Nc2nc3c(s2)CN(C(=O)OC(C)(C)C)CC3)c1C. The molecular formula is C21H28N4O5S. The van der Waals surface area contributed by atoms with E-state index in [2.05, 4.69) is 15.3 Å². The minimum Gasteiger partial charge on any atom is -0.462 e. The van der Waals surface area contributed by atoms with Gasteiger partial charge in [0.1, 0.15) is 11.3 Å². The topological polar surface area (TPSA) is 114 Å². The molecule has 0 fully saturated rings. The quantitative estimate of drug-likeness (QED) is 0.688. The highest BCUT2D eigenvalue weighted by Crippen LogP contribution is 2.30. The number of hydrogen-bond acceptors (Lipinski definition) is 7. The van der Waals surface area contributed by atoms with Gasteiger partial charge in [-0.2, -0.15) is 0 Å². The molecule has 1 aliphatic rings. The number of H-pyrrole nitrogens is 1. The van der Waals surface area contributed by atoms with Crippen molar-refractivity contribution in [3.05, 3.63) is 33.1 Å². The zero-order valence-corrected chi connectivity index (χ0v) is 19.5. The molecule has 0 saturated heterocycles. The molecule has 0 radical (unpaired) electrons. The summed E-state index contributed by atoms with van der Waals surface area (Å²) in [6.07, 6.45) is 0.232. The molecule has 1 aliphatic heterocycles. The Morgan fingerprint density at radius 3 is 2.61 bits per heavy atom. The van der Waals surface area contributed by atoms with Gasteiger partial charge in [-0.3, -0.25) is 10.1 Å². The molecule has 2 aromatic rings. The maximum atomic E-state index is 12.8. The molecule has 0 unspecified atom stereocenters. The van der Waals surface area contributed by atoms with Gasteiger partial charge in [0.2, 0.25) is 0 Å². The molecule has 3 rings (SSSR count). The van der Waals surface area contributed by atoms with E-state index in [4.69, 9.17) is 9.47 Å². The smallest absolute Gasteiger partial charge is 0.410 e. The van der Waals surface area contributed by atoms with E-state index in [-0.39, 0.29) is 18.6 Å². The summed E-state index contributed by atoms with van der Waals surface area (Å²) in [6.45, 7) is 11.8. The normalized spacial score (nSPS) is 13.5. The van der Waals surface area contributed by atoms with Crippen molar-refractivity contribution in [3.63, 3.8) is 0 Å². The number of ether oxygens (including phenoxy) is 2. The largest absolute Gasteiger partial charge is 0.462 e. The van der Waals surface area contributed by atoms with E-state index in [1.165, 1.54) is 11.3 Å².